The Morgan fingerprint density at radius 1 is 1.12 bits per heavy atom. The van der Waals surface area contributed by atoms with Gasteiger partial charge in [-0.3, -0.25) is 0 Å². The van der Waals surface area contributed by atoms with E-state index in [1.54, 1.807) is 0 Å². The van der Waals surface area contributed by atoms with Crippen LogP contribution in [0.25, 0.3) is 0 Å². The zero-order chi connectivity index (χ0) is 17.4. The first-order chi connectivity index (χ1) is 11.3. The van der Waals surface area contributed by atoms with E-state index in [-0.39, 0.29) is 24.6 Å². The Morgan fingerprint density at radius 3 is 2.46 bits per heavy atom. The summed E-state index contributed by atoms with van der Waals surface area (Å²) in [7, 11) is -0.360. The van der Waals surface area contributed by atoms with Crippen molar-refractivity contribution in [3.05, 3.63) is 29.3 Å². The van der Waals surface area contributed by atoms with Crippen molar-refractivity contribution in [1.82, 2.24) is 0 Å². The van der Waals surface area contributed by atoms with E-state index in [4.69, 9.17) is 18.8 Å². The van der Waals surface area contributed by atoms with Crippen molar-refractivity contribution < 1.29 is 18.8 Å². The fourth-order valence-electron chi connectivity index (χ4n) is 3.13. The van der Waals surface area contributed by atoms with E-state index in [1.807, 2.05) is 0 Å². The smallest absolute Gasteiger partial charge is 0.399 e. The van der Waals surface area contributed by atoms with Crippen LogP contribution in [0.5, 0.6) is 0 Å². The largest absolute Gasteiger partial charge is 0.495 e. The molecule has 1 unspecified atom stereocenters. The normalized spacial score (nSPS) is 25.9. The number of hydrogen-bond donors (Lipinski definition) is 0. The molecule has 2 aliphatic heterocycles. The van der Waals surface area contributed by atoms with E-state index in [1.165, 1.54) is 12.0 Å². The van der Waals surface area contributed by atoms with Crippen LogP contribution in [0.1, 0.15) is 58.1 Å². The summed E-state index contributed by atoms with van der Waals surface area (Å²) in [4.78, 5) is 0. The molecule has 4 nitrogen and oxygen atoms in total. The maximum atomic E-state index is 6.23. The third-order valence-corrected chi connectivity index (χ3v) is 5.51. The van der Waals surface area contributed by atoms with Gasteiger partial charge in [0, 0.05) is 6.61 Å². The molecule has 0 N–H and O–H groups in total. The molecular formula is C19H29BO4. The molecular weight excluding hydrogens is 303 g/mol. The highest BCUT2D eigenvalue weighted by molar-refractivity contribution is 6.62. The van der Waals surface area contributed by atoms with Gasteiger partial charge in [-0.15, -0.1) is 0 Å². The summed E-state index contributed by atoms with van der Waals surface area (Å²) in [6.45, 7) is 11.7. The fraction of sp³-hybridized carbons (Fsp3) is 0.684. The second kappa shape index (κ2) is 6.79. The van der Waals surface area contributed by atoms with Crippen LogP contribution in [0, 0.1) is 6.92 Å². The third-order valence-electron chi connectivity index (χ3n) is 5.51. The number of hydrogen-bond acceptors (Lipinski definition) is 4. The average molecular weight is 332 g/mol. The summed E-state index contributed by atoms with van der Waals surface area (Å²) < 4.78 is 24.2. The predicted molar refractivity (Wildman–Crippen MR) is 95.3 cm³/mol. The van der Waals surface area contributed by atoms with Crippen LogP contribution >= 0.6 is 0 Å². The van der Waals surface area contributed by atoms with E-state index < -0.39 is 0 Å². The van der Waals surface area contributed by atoms with Crippen molar-refractivity contribution in [1.29, 1.82) is 0 Å². The molecule has 132 valence electrons. The lowest BCUT2D eigenvalue weighted by Gasteiger charge is -2.32. The Kier molecular flexibility index (Phi) is 5.08. The Morgan fingerprint density at radius 2 is 1.83 bits per heavy atom. The molecule has 0 aliphatic carbocycles. The van der Waals surface area contributed by atoms with Crippen LogP contribution in [-0.2, 0) is 25.4 Å². The summed E-state index contributed by atoms with van der Waals surface area (Å²) in [6.07, 6.45) is 3.17. The predicted octanol–water partition coefficient (Wildman–Crippen LogP) is 3.34. The van der Waals surface area contributed by atoms with Gasteiger partial charge in [-0.25, -0.2) is 0 Å². The number of benzene rings is 1. The number of ether oxygens (including phenoxy) is 2. The summed E-state index contributed by atoms with van der Waals surface area (Å²) in [5.74, 6) is 0. The van der Waals surface area contributed by atoms with Gasteiger partial charge in [0.15, 0.2) is 6.29 Å². The fourth-order valence-corrected chi connectivity index (χ4v) is 3.13. The lowest BCUT2D eigenvalue weighted by molar-refractivity contribution is -0.168. The van der Waals surface area contributed by atoms with Gasteiger partial charge in [0.1, 0.15) is 0 Å². The molecule has 24 heavy (non-hydrogen) atoms. The van der Waals surface area contributed by atoms with E-state index in [0.717, 1.165) is 30.5 Å². The van der Waals surface area contributed by atoms with Crippen LogP contribution in [0.3, 0.4) is 0 Å². The summed E-state index contributed by atoms with van der Waals surface area (Å²) in [5, 5.41) is 0. The zero-order valence-corrected chi connectivity index (χ0v) is 15.6. The van der Waals surface area contributed by atoms with E-state index in [2.05, 4.69) is 52.8 Å². The molecule has 3 rings (SSSR count). The Hall–Kier alpha value is -0.875. The van der Waals surface area contributed by atoms with Gasteiger partial charge in [-0.2, -0.15) is 0 Å². The van der Waals surface area contributed by atoms with Crippen LogP contribution in [0.15, 0.2) is 18.2 Å². The first kappa shape index (κ1) is 17.9. The van der Waals surface area contributed by atoms with Gasteiger partial charge in [0.2, 0.25) is 0 Å². The molecule has 5 heteroatoms. The van der Waals surface area contributed by atoms with Crippen LogP contribution in [0.2, 0.25) is 0 Å². The van der Waals surface area contributed by atoms with Crippen molar-refractivity contribution in [3.63, 3.8) is 0 Å². The van der Waals surface area contributed by atoms with Gasteiger partial charge in [0.25, 0.3) is 0 Å². The SMILES string of the molecule is Cc1cccc(B2OC(C)(C)C(C)(C)O2)c1COC1CCCCO1. The number of rotatable bonds is 4. The molecule has 2 fully saturated rings. The second-order valence-corrected chi connectivity index (χ2v) is 7.84. The molecule has 2 heterocycles. The maximum absolute atomic E-state index is 6.23. The summed E-state index contributed by atoms with van der Waals surface area (Å²) in [6, 6.07) is 6.24. The lowest BCUT2D eigenvalue weighted by Crippen LogP contribution is -2.41. The average Bonchev–Trinajstić information content (AvgIpc) is 2.75. The highest BCUT2D eigenvalue weighted by Crippen LogP contribution is 2.36. The summed E-state index contributed by atoms with van der Waals surface area (Å²) in [5.41, 5.74) is 2.71. The van der Waals surface area contributed by atoms with Crippen molar-refractivity contribution in [2.45, 2.75) is 78.0 Å². The molecule has 1 atom stereocenters. The van der Waals surface area contributed by atoms with Gasteiger partial charge in [-0.1, -0.05) is 18.2 Å². The highest BCUT2D eigenvalue weighted by atomic mass is 16.7. The van der Waals surface area contributed by atoms with Crippen LogP contribution in [-0.4, -0.2) is 31.2 Å². The quantitative estimate of drug-likeness (QED) is 0.793. The van der Waals surface area contributed by atoms with Crippen LogP contribution < -0.4 is 5.46 Å². The molecule has 2 saturated heterocycles. The van der Waals surface area contributed by atoms with Gasteiger partial charge < -0.3 is 18.8 Å². The Labute approximate surface area is 146 Å². The van der Waals surface area contributed by atoms with E-state index in [9.17, 15) is 0 Å². The van der Waals surface area contributed by atoms with Gasteiger partial charge >= 0.3 is 7.12 Å². The second-order valence-electron chi connectivity index (χ2n) is 7.84. The monoisotopic (exact) mass is 332 g/mol. The van der Waals surface area contributed by atoms with Crippen LogP contribution in [0.4, 0.5) is 0 Å². The molecule has 0 aromatic heterocycles. The Balaban J connectivity index is 1.78. The first-order valence-electron chi connectivity index (χ1n) is 8.97. The van der Waals surface area contributed by atoms with E-state index in [0.29, 0.717) is 6.61 Å². The van der Waals surface area contributed by atoms with Crippen molar-refractivity contribution >= 4 is 12.6 Å². The minimum Gasteiger partial charge on any atom is -0.399 e. The molecule has 0 bridgehead atoms. The van der Waals surface area contributed by atoms with Crippen molar-refractivity contribution in [2.75, 3.05) is 6.61 Å². The first-order valence-corrected chi connectivity index (χ1v) is 8.97. The summed E-state index contributed by atoms with van der Waals surface area (Å²) >= 11 is 0. The minimum absolute atomic E-state index is 0.0931. The lowest BCUT2D eigenvalue weighted by atomic mass is 9.75. The zero-order valence-electron chi connectivity index (χ0n) is 15.6. The third kappa shape index (κ3) is 3.55. The molecule has 0 saturated carbocycles. The molecule has 1 aromatic rings. The van der Waals surface area contributed by atoms with Crippen molar-refractivity contribution in [2.24, 2.45) is 0 Å². The molecule has 0 spiro atoms. The molecule has 0 radical (unpaired) electrons. The molecule has 1 aromatic carbocycles. The van der Waals surface area contributed by atoms with Gasteiger partial charge in [-0.05, 0) is 70.5 Å². The van der Waals surface area contributed by atoms with Crippen molar-refractivity contribution in [3.8, 4) is 0 Å². The molecule has 0 amide bonds. The van der Waals surface area contributed by atoms with E-state index >= 15 is 0 Å². The number of aryl methyl sites for hydroxylation is 1. The topological polar surface area (TPSA) is 36.9 Å². The molecule has 2 aliphatic rings. The Bertz CT molecular complexity index is 563. The van der Waals surface area contributed by atoms with Gasteiger partial charge in [0.05, 0.1) is 17.8 Å². The maximum Gasteiger partial charge on any atom is 0.495 e. The minimum atomic E-state index is -0.360. The standard InChI is InChI=1S/C19H29BO4/c1-14-9-8-10-16(20-23-18(2,3)19(4,5)24-20)15(14)13-22-17-11-6-7-12-21-17/h8-10,17H,6-7,11-13H2,1-5H3. The highest BCUT2D eigenvalue weighted by Gasteiger charge is 2.52.